The summed E-state index contributed by atoms with van der Waals surface area (Å²) in [7, 11) is 1.88. The molecule has 2 rings (SSSR count). The minimum Gasteiger partial charge on any atom is -0.257 e. The Morgan fingerprint density at radius 1 is 1.24 bits per heavy atom. The zero-order chi connectivity index (χ0) is 12.3. The van der Waals surface area contributed by atoms with Crippen LogP contribution in [-0.2, 0) is 18.6 Å². The molecule has 2 nitrogen and oxygen atoms in total. The summed E-state index contributed by atoms with van der Waals surface area (Å²) in [5, 5.41) is 5.06. The van der Waals surface area contributed by atoms with Crippen molar-refractivity contribution in [2.45, 2.75) is 18.4 Å². The summed E-state index contributed by atoms with van der Waals surface area (Å²) in [5.41, 5.74) is 3.52. The van der Waals surface area contributed by atoms with Crippen LogP contribution in [-0.4, -0.2) is 9.78 Å². The molecule has 0 saturated carbocycles. The Morgan fingerprint density at radius 2 is 1.94 bits per heavy atom. The fraction of sp³-hybridized carbons (Fsp3) is 0.308. The van der Waals surface area contributed by atoms with Gasteiger partial charge in [0.15, 0.2) is 0 Å². The van der Waals surface area contributed by atoms with Gasteiger partial charge in [0.1, 0.15) is 5.15 Å². The van der Waals surface area contributed by atoms with Crippen molar-refractivity contribution in [1.82, 2.24) is 9.78 Å². The second-order valence-electron chi connectivity index (χ2n) is 3.96. The molecular formula is C13H15ClN2S. The van der Waals surface area contributed by atoms with Crippen molar-refractivity contribution in [3.63, 3.8) is 0 Å². The molecule has 0 fully saturated rings. The Hall–Kier alpha value is -0.930. The van der Waals surface area contributed by atoms with Crippen LogP contribution in [0.1, 0.15) is 16.8 Å². The molecule has 0 aliphatic heterocycles. The lowest BCUT2D eigenvalue weighted by atomic mass is 10.2. The van der Waals surface area contributed by atoms with Gasteiger partial charge in [0.25, 0.3) is 0 Å². The van der Waals surface area contributed by atoms with E-state index in [1.807, 2.05) is 31.8 Å². The van der Waals surface area contributed by atoms with Gasteiger partial charge < -0.3 is 0 Å². The quantitative estimate of drug-likeness (QED) is 0.837. The molecule has 0 bridgehead atoms. The normalized spacial score (nSPS) is 10.8. The van der Waals surface area contributed by atoms with E-state index in [-0.39, 0.29) is 0 Å². The number of halogens is 1. The van der Waals surface area contributed by atoms with Crippen LogP contribution < -0.4 is 0 Å². The van der Waals surface area contributed by atoms with E-state index in [4.69, 9.17) is 11.6 Å². The Labute approximate surface area is 111 Å². The highest BCUT2D eigenvalue weighted by Gasteiger charge is 2.10. The summed E-state index contributed by atoms with van der Waals surface area (Å²) >= 11 is 8.05. The molecule has 0 spiro atoms. The highest BCUT2D eigenvalue weighted by molar-refractivity contribution is 7.97. The second kappa shape index (κ2) is 5.61. The smallest absolute Gasteiger partial charge is 0.131 e. The van der Waals surface area contributed by atoms with Crippen molar-refractivity contribution in [3.8, 4) is 0 Å². The lowest BCUT2D eigenvalue weighted by molar-refractivity contribution is 0.757. The van der Waals surface area contributed by atoms with E-state index in [9.17, 15) is 0 Å². The first-order valence-electron chi connectivity index (χ1n) is 5.48. The highest BCUT2D eigenvalue weighted by atomic mass is 35.5. The zero-order valence-corrected chi connectivity index (χ0v) is 11.6. The van der Waals surface area contributed by atoms with Crippen LogP contribution >= 0.6 is 23.4 Å². The van der Waals surface area contributed by atoms with E-state index in [1.54, 1.807) is 4.68 Å². The number of rotatable bonds is 4. The molecule has 0 amide bonds. The number of aryl methyl sites for hydroxylation is 2. The number of thioether (sulfide) groups is 1. The van der Waals surface area contributed by atoms with E-state index in [0.717, 1.165) is 27.9 Å². The van der Waals surface area contributed by atoms with Gasteiger partial charge in [0.2, 0.25) is 0 Å². The minimum atomic E-state index is 0.753. The molecule has 0 N–H and O–H groups in total. The molecule has 4 heteroatoms. The maximum absolute atomic E-state index is 6.18. The van der Waals surface area contributed by atoms with Crippen molar-refractivity contribution in [2.24, 2.45) is 7.05 Å². The fourth-order valence-electron chi connectivity index (χ4n) is 1.68. The lowest BCUT2D eigenvalue weighted by Gasteiger charge is -2.02. The Morgan fingerprint density at radius 3 is 2.53 bits per heavy atom. The monoisotopic (exact) mass is 266 g/mol. The van der Waals surface area contributed by atoms with E-state index in [2.05, 4.69) is 29.4 Å². The van der Waals surface area contributed by atoms with Gasteiger partial charge in [-0.25, -0.2) is 0 Å². The number of hydrogen-bond donors (Lipinski definition) is 0. The van der Waals surface area contributed by atoms with E-state index in [0.29, 0.717) is 0 Å². The van der Waals surface area contributed by atoms with Crippen LogP contribution in [0.15, 0.2) is 30.3 Å². The van der Waals surface area contributed by atoms with E-state index in [1.165, 1.54) is 5.56 Å². The fourth-order valence-corrected chi connectivity index (χ4v) is 3.08. The Kier molecular flexibility index (Phi) is 4.13. The topological polar surface area (TPSA) is 17.8 Å². The second-order valence-corrected chi connectivity index (χ2v) is 5.30. The first-order chi connectivity index (χ1) is 8.18. The molecule has 17 heavy (non-hydrogen) atoms. The summed E-state index contributed by atoms with van der Waals surface area (Å²) in [5.74, 6) is 1.92. The predicted octanol–water partition coefficient (Wildman–Crippen LogP) is 3.82. The van der Waals surface area contributed by atoms with Crippen molar-refractivity contribution in [3.05, 3.63) is 52.3 Å². The van der Waals surface area contributed by atoms with Crippen molar-refractivity contribution in [2.75, 3.05) is 0 Å². The van der Waals surface area contributed by atoms with Gasteiger partial charge in [-0.1, -0.05) is 41.9 Å². The number of benzene rings is 1. The van der Waals surface area contributed by atoms with Crippen molar-refractivity contribution in [1.29, 1.82) is 0 Å². The van der Waals surface area contributed by atoms with Gasteiger partial charge >= 0.3 is 0 Å². The molecule has 90 valence electrons. The van der Waals surface area contributed by atoms with E-state index < -0.39 is 0 Å². The molecule has 1 heterocycles. The Bertz CT molecular complexity index is 494. The van der Waals surface area contributed by atoms with Gasteiger partial charge in [-0.05, 0) is 12.5 Å². The molecule has 1 aromatic carbocycles. The lowest BCUT2D eigenvalue weighted by Crippen LogP contribution is -1.89. The summed E-state index contributed by atoms with van der Waals surface area (Å²) in [6, 6.07) is 10.5. The van der Waals surface area contributed by atoms with Gasteiger partial charge in [-0.2, -0.15) is 16.9 Å². The van der Waals surface area contributed by atoms with Crippen LogP contribution in [0, 0.1) is 6.92 Å². The number of aromatic nitrogens is 2. The molecule has 1 aromatic heterocycles. The standard InChI is InChI=1S/C13H15ClN2S/c1-10-12(13(14)16(2)15-10)9-17-8-11-6-4-3-5-7-11/h3-7H,8-9H2,1-2H3. The third-order valence-electron chi connectivity index (χ3n) is 2.63. The molecular weight excluding hydrogens is 252 g/mol. The molecule has 0 radical (unpaired) electrons. The summed E-state index contributed by atoms with van der Waals surface area (Å²) in [4.78, 5) is 0. The maximum atomic E-state index is 6.18. The third kappa shape index (κ3) is 3.05. The average Bonchev–Trinajstić information content (AvgIpc) is 2.57. The van der Waals surface area contributed by atoms with Crippen LogP contribution in [0.25, 0.3) is 0 Å². The largest absolute Gasteiger partial charge is 0.257 e. The predicted molar refractivity (Wildman–Crippen MR) is 74.4 cm³/mol. The van der Waals surface area contributed by atoms with Gasteiger partial charge in [-0.3, -0.25) is 4.68 Å². The van der Waals surface area contributed by atoms with E-state index >= 15 is 0 Å². The molecule has 0 atom stereocenters. The molecule has 0 aliphatic carbocycles. The van der Waals surface area contributed by atoms with Crippen molar-refractivity contribution >= 4 is 23.4 Å². The van der Waals surface area contributed by atoms with Gasteiger partial charge in [0, 0.05) is 24.1 Å². The van der Waals surface area contributed by atoms with Crippen molar-refractivity contribution < 1.29 is 0 Å². The van der Waals surface area contributed by atoms with Gasteiger partial charge in [0.05, 0.1) is 5.69 Å². The minimum absolute atomic E-state index is 0.753. The van der Waals surface area contributed by atoms with Crippen LogP contribution in [0.4, 0.5) is 0 Å². The molecule has 0 unspecified atom stereocenters. The summed E-state index contributed by atoms with van der Waals surface area (Å²) < 4.78 is 1.73. The molecule has 0 aliphatic rings. The SMILES string of the molecule is Cc1nn(C)c(Cl)c1CSCc1ccccc1. The molecule has 2 aromatic rings. The zero-order valence-electron chi connectivity index (χ0n) is 9.98. The van der Waals surface area contributed by atoms with Crippen LogP contribution in [0.2, 0.25) is 5.15 Å². The van der Waals surface area contributed by atoms with Gasteiger partial charge in [-0.15, -0.1) is 0 Å². The van der Waals surface area contributed by atoms with Crippen LogP contribution in [0.5, 0.6) is 0 Å². The Balaban J connectivity index is 1.95. The van der Waals surface area contributed by atoms with Crippen LogP contribution in [0.3, 0.4) is 0 Å². The number of nitrogens with zero attached hydrogens (tertiary/aromatic N) is 2. The summed E-state index contributed by atoms with van der Waals surface area (Å²) in [6.45, 7) is 2.00. The first-order valence-corrected chi connectivity index (χ1v) is 7.01. The third-order valence-corrected chi connectivity index (χ3v) is 4.13. The average molecular weight is 267 g/mol. The maximum Gasteiger partial charge on any atom is 0.131 e. The summed E-state index contributed by atoms with van der Waals surface area (Å²) in [6.07, 6.45) is 0. The first kappa shape index (κ1) is 12.5. The highest BCUT2D eigenvalue weighted by Crippen LogP contribution is 2.25. The number of hydrogen-bond acceptors (Lipinski definition) is 2. The molecule has 0 saturated heterocycles.